The molecule has 0 atom stereocenters. The number of thiazole rings is 1. The van der Waals surface area contributed by atoms with Crippen LogP contribution in [0.3, 0.4) is 0 Å². The van der Waals surface area contributed by atoms with Crippen LogP contribution in [0, 0.1) is 29.6 Å². The molecule has 1 aromatic carbocycles. The predicted octanol–water partition coefficient (Wildman–Crippen LogP) is 3.30. The number of ketones is 1. The molecule has 0 amide bonds. The van der Waals surface area contributed by atoms with Gasteiger partial charge >= 0.3 is 0 Å². The first-order valence-electron chi connectivity index (χ1n) is 7.17. The van der Waals surface area contributed by atoms with E-state index in [4.69, 9.17) is 11.0 Å². The topological polar surface area (TPSA) is 116 Å². The van der Waals surface area contributed by atoms with E-state index in [9.17, 15) is 10.1 Å². The molecule has 0 saturated carbocycles. The summed E-state index contributed by atoms with van der Waals surface area (Å²) in [6, 6.07) is 11.5. The van der Waals surface area contributed by atoms with Gasteiger partial charge in [0.1, 0.15) is 23.0 Å². The van der Waals surface area contributed by atoms with Crippen molar-refractivity contribution in [2.45, 2.75) is 11.9 Å². The summed E-state index contributed by atoms with van der Waals surface area (Å²) >= 11 is 2.46. The first-order chi connectivity index (χ1) is 12.0. The van der Waals surface area contributed by atoms with Crippen LogP contribution >= 0.6 is 23.1 Å². The van der Waals surface area contributed by atoms with Crippen LogP contribution < -0.4 is 5.73 Å². The molecular formula is C17H11N5OS2. The monoisotopic (exact) mass is 365 g/mol. The minimum Gasteiger partial charge on any atom is -0.383 e. The van der Waals surface area contributed by atoms with Crippen molar-refractivity contribution < 1.29 is 4.79 Å². The zero-order chi connectivity index (χ0) is 18.0. The highest BCUT2D eigenvalue weighted by molar-refractivity contribution is 8.00. The van der Waals surface area contributed by atoms with Gasteiger partial charge in [-0.2, -0.15) is 10.5 Å². The lowest BCUT2D eigenvalue weighted by molar-refractivity contribution is 0.102. The van der Waals surface area contributed by atoms with Crippen molar-refractivity contribution >= 4 is 44.9 Å². The summed E-state index contributed by atoms with van der Waals surface area (Å²) in [5, 5.41) is 19.2. The van der Waals surface area contributed by atoms with Gasteiger partial charge in [-0.05, 0) is 24.6 Å². The summed E-state index contributed by atoms with van der Waals surface area (Å²) in [7, 11) is 0. The second-order valence-corrected chi connectivity index (χ2v) is 7.09. The molecule has 2 N–H and O–H groups in total. The number of pyridine rings is 1. The lowest BCUT2D eigenvalue weighted by Crippen LogP contribution is -2.06. The highest BCUT2D eigenvalue weighted by Gasteiger charge is 2.18. The molecule has 0 aliphatic carbocycles. The van der Waals surface area contributed by atoms with Gasteiger partial charge in [0.25, 0.3) is 0 Å². The van der Waals surface area contributed by atoms with E-state index in [2.05, 4.69) is 9.97 Å². The quantitative estimate of drug-likeness (QED) is 0.557. The molecule has 6 nitrogen and oxygen atoms in total. The molecule has 0 fully saturated rings. The fraction of sp³-hybridized carbons (Fsp3) is 0.118. The lowest BCUT2D eigenvalue weighted by atomic mass is 10.1. The number of fused-ring (bicyclic) bond motifs is 1. The summed E-state index contributed by atoms with van der Waals surface area (Å²) in [4.78, 5) is 20.9. The summed E-state index contributed by atoms with van der Waals surface area (Å²) in [5.74, 6) is 0.0122. The highest BCUT2D eigenvalue weighted by atomic mass is 32.2. The maximum absolute atomic E-state index is 12.4. The SMILES string of the molecule is Cc1c(C#N)c(N)nc(SCC(=O)c2nc3ccccc3s2)c1C#N. The van der Waals surface area contributed by atoms with E-state index < -0.39 is 0 Å². The van der Waals surface area contributed by atoms with Crippen molar-refractivity contribution in [3.05, 3.63) is 46.0 Å². The Hall–Kier alpha value is -2.94. The number of aromatic nitrogens is 2. The number of hydrogen-bond donors (Lipinski definition) is 1. The summed E-state index contributed by atoms with van der Waals surface area (Å²) in [6.45, 7) is 1.65. The van der Waals surface area contributed by atoms with Gasteiger partial charge in [-0.3, -0.25) is 4.79 Å². The fourth-order valence-corrected chi connectivity index (χ4v) is 4.17. The third-order valence-corrected chi connectivity index (χ3v) is 5.59. The van der Waals surface area contributed by atoms with Gasteiger partial charge in [0.05, 0.1) is 27.1 Å². The minimum absolute atomic E-state index is 0.0638. The molecule has 2 aromatic heterocycles. The molecular weight excluding hydrogens is 354 g/mol. The van der Waals surface area contributed by atoms with Crippen LogP contribution in [0.2, 0.25) is 0 Å². The fourth-order valence-electron chi connectivity index (χ4n) is 2.26. The molecule has 0 aliphatic heterocycles. The Morgan fingerprint density at radius 3 is 2.64 bits per heavy atom. The Balaban J connectivity index is 1.85. The summed E-state index contributed by atoms with van der Waals surface area (Å²) in [5.41, 5.74) is 7.50. The number of thioether (sulfide) groups is 1. The van der Waals surface area contributed by atoms with E-state index in [0.717, 1.165) is 22.0 Å². The number of carbonyl (C=O) groups excluding carboxylic acids is 1. The molecule has 0 aliphatic rings. The number of para-hydroxylation sites is 1. The maximum Gasteiger partial charge on any atom is 0.201 e. The van der Waals surface area contributed by atoms with Crippen molar-refractivity contribution in [1.82, 2.24) is 9.97 Å². The highest BCUT2D eigenvalue weighted by Crippen LogP contribution is 2.29. The van der Waals surface area contributed by atoms with Crippen LogP contribution in [-0.2, 0) is 0 Å². The molecule has 0 bridgehead atoms. The first-order valence-corrected chi connectivity index (χ1v) is 8.97. The van der Waals surface area contributed by atoms with Crippen LogP contribution in [0.1, 0.15) is 26.5 Å². The summed E-state index contributed by atoms with van der Waals surface area (Å²) < 4.78 is 0.949. The number of nitrogens with zero attached hydrogens (tertiary/aromatic N) is 4. The van der Waals surface area contributed by atoms with E-state index in [-0.39, 0.29) is 28.5 Å². The van der Waals surface area contributed by atoms with Gasteiger partial charge < -0.3 is 5.73 Å². The third kappa shape index (κ3) is 3.18. The molecule has 0 radical (unpaired) electrons. The number of Topliss-reactive ketones (excluding diaryl/α,β-unsaturated/α-hetero) is 1. The van der Waals surface area contributed by atoms with Crippen molar-refractivity contribution in [2.75, 3.05) is 11.5 Å². The Labute approximate surface area is 151 Å². The van der Waals surface area contributed by atoms with Crippen molar-refractivity contribution in [2.24, 2.45) is 0 Å². The molecule has 2 heterocycles. The normalized spacial score (nSPS) is 10.4. The largest absolute Gasteiger partial charge is 0.383 e. The number of nitrogen functional groups attached to an aromatic ring is 1. The third-order valence-electron chi connectivity index (χ3n) is 3.54. The molecule has 3 rings (SSSR count). The average molecular weight is 365 g/mol. The van der Waals surface area contributed by atoms with Crippen LogP contribution in [0.5, 0.6) is 0 Å². The maximum atomic E-state index is 12.4. The molecule has 25 heavy (non-hydrogen) atoms. The second kappa shape index (κ2) is 6.89. The number of nitriles is 2. The number of hydrogen-bond acceptors (Lipinski definition) is 8. The number of anilines is 1. The summed E-state index contributed by atoms with van der Waals surface area (Å²) in [6.07, 6.45) is 0. The number of benzene rings is 1. The number of carbonyl (C=O) groups is 1. The Bertz CT molecular complexity index is 1040. The molecule has 122 valence electrons. The minimum atomic E-state index is -0.141. The lowest BCUT2D eigenvalue weighted by Gasteiger charge is -2.08. The van der Waals surface area contributed by atoms with Crippen LogP contribution in [0.15, 0.2) is 29.3 Å². The standard InChI is InChI=1S/C17H11N5OS2/c1-9-10(6-18)15(20)22-16(11(9)7-19)24-8-13(23)17-21-12-4-2-3-5-14(12)25-17/h2-5H,8H2,1H3,(H2,20,22). The Morgan fingerprint density at radius 1 is 1.24 bits per heavy atom. The van der Waals surface area contributed by atoms with Gasteiger partial charge in [-0.15, -0.1) is 11.3 Å². The van der Waals surface area contributed by atoms with Crippen molar-refractivity contribution in [3.63, 3.8) is 0 Å². The van der Waals surface area contributed by atoms with E-state index in [1.54, 1.807) is 6.92 Å². The second-order valence-electron chi connectivity index (χ2n) is 5.10. The molecule has 0 unspecified atom stereocenters. The average Bonchev–Trinajstić information content (AvgIpc) is 3.04. The van der Waals surface area contributed by atoms with Gasteiger partial charge in [0.15, 0.2) is 5.01 Å². The Morgan fingerprint density at radius 2 is 1.96 bits per heavy atom. The van der Waals surface area contributed by atoms with E-state index in [1.165, 1.54) is 11.3 Å². The van der Waals surface area contributed by atoms with Gasteiger partial charge in [0, 0.05) is 0 Å². The van der Waals surface area contributed by atoms with Gasteiger partial charge in [-0.25, -0.2) is 9.97 Å². The van der Waals surface area contributed by atoms with Crippen molar-refractivity contribution in [3.8, 4) is 12.1 Å². The predicted molar refractivity (Wildman–Crippen MR) is 97.5 cm³/mol. The van der Waals surface area contributed by atoms with Crippen molar-refractivity contribution in [1.29, 1.82) is 10.5 Å². The Kier molecular flexibility index (Phi) is 4.66. The van der Waals surface area contributed by atoms with E-state index in [0.29, 0.717) is 15.6 Å². The van der Waals surface area contributed by atoms with Crippen LogP contribution in [0.4, 0.5) is 5.82 Å². The van der Waals surface area contributed by atoms with E-state index >= 15 is 0 Å². The zero-order valence-electron chi connectivity index (χ0n) is 13.1. The zero-order valence-corrected chi connectivity index (χ0v) is 14.7. The molecule has 3 aromatic rings. The molecule has 0 spiro atoms. The van der Waals surface area contributed by atoms with Crippen LogP contribution in [0.25, 0.3) is 10.2 Å². The molecule has 8 heteroatoms. The molecule has 0 saturated heterocycles. The smallest absolute Gasteiger partial charge is 0.201 e. The van der Waals surface area contributed by atoms with Crippen LogP contribution in [-0.4, -0.2) is 21.5 Å². The van der Waals surface area contributed by atoms with Gasteiger partial charge in [0.2, 0.25) is 5.78 Å². The van der Waals surface area contributed by atoms with Gasteiger partial charge in [-0.1, -0.05) is 23.9 Å². The number of rotatable bonds is 4. The first kappa shape index (κ1) is 16.9. The van der Waals surface area contributed by atoms with E-state index in [1.807, 2.05) is 36.4 Å². The number of nitrogens with two attached hydrogens (primary N) is 1.